The normalized spacial score (nSPS) is 17.3. The van der Waals surface area contributed by atoms with Crippen molar-refractivity contribution in [3.05, 3.63) is 40.9 Å². The number of rotatable bonds is 11. The first-order valence-electron chi connectivity index (χ1n) is 9.55. The molecule has 5 N–H and O–H groups in total. The van der Waals surface area contributed by atoms with Crippen molar-refractivity contribution in [1.82, 2.24) is 15.4 Å². The van der Waals surface area contributed by atoms with Gasteiger partial charge in [0, 0.05) is 11.6 Å². The smallest absolute Gasteiger partial charge is 0.276 e. The van der Waals surface area contributed by atoms with Gasteiger partial charge < -0.3 is 30.6 Å². The standard InChI is InChI=1S/C19H22N6O6S2/c1-19(2)15(17(27)25(19)31-33-28)23-16(26)14(13-10-32-18(21)22-13)24-30-8-7-29-12-5-3-11(9-20)4-6-12/h3-6,9-10,15,20,28H,7-8H2,1-2H3,(H2,21,22)(H,23,26)/b20-9?,24-14-/t15-/m1/s1. The van der Waals surface area contributed by atoms with E-state index in [2.05, 4.69) is 15.5 Å². The Balaban J connectivity index is 1.62. The van der Waals surface area contributed by atoms with Gasteiger partial charge in [0.1, 0.15) is 24.1 Å². The van der Waals surface area contributed by atoms with Gasteiger partial charge in [-0.25, -0.2) is 4.98 Å². The van der Waals surface area contributed by atoms with Crippen molar-refractivity contribution < 1.29 is 28.0 Å². The van der Waals surface area contributed by atoms with E-state index in [0.29, 0.717) is 5.75 Å². The predicted octanol–water partition coefficient (Wildman–Crippen LogP) is 1.68. The zero-order valence-corrected chi connectivity index (χ0v) is 19.3. The summed E-state index contributed by atoms with van der Waals surface area (Å²) in [5, 5.41) is 16.4. The summed E-state index contributed by atoms with van der Waals surface area (Å²) in [6, 6.07) is 6.02. The largest absolute Gasteiger partial charge is 0.490 e. The molecule has 0 unspecified atom stereocenters. The summed E-state index contributed by atoms with van der Waals surface area (Å²) in [5.74, 6) is -0.626. The molecule has 1 aromatic carbocycles. The van der Waals surface area contributed by atoms with Gasteiger partial charge in [0.2, 0.25) is 0 Å². The zero-order chi connectivity index (χ0) is 24.0. The number of nitrogens with zero attached hydrogens (tertiary/aromatic N) is 3. The van der Waals surface area contributed by atoms with E-state index in [-0.39, 0.29) is 42.1 Å². The SMILES string of the molecule is CC1(C)[C@H](NC(=O)/C(=N\OCCOc2ccc(C=N)cc2)c2csc(N)n2)C(=O)N1OSO. The van der Waals surface area contributed by atoms with Crippen molar-refractivity contribution in [3.63, 3.8) is 0 Å². The minimum atomic E-state index is -0.911. The van der Waals surface area contributed by atoms with E-state index < -0.39 is 23.4 Å². The molecule has 176 valence electrons. The van der Waals surface area contributed by atoms with Gasteiger partial charge in [-0.3, -0.25) is 9.59 Å². The van der Waals surface area contributed by atoms with Crippen LogP contribution in [0.4, 0.5) is 5.13 Å². The second-order valence-corrected chi connectivity index (χ2v) is 8.44. The summed E-state index contributed by atoms with van der Waals surface area (Å²) in [4.78, 5) is 34.5. The van der Waals surface area contributed by atoms with Crippen LogP contribution in [0.1, 0.15) is 25.1 Å². The molecule has 0 radical (unpaired) electrons. The highest BCUT2D eigenvalue weighted by Gasteiger charge is 2.57. The van der Waals surface area contributed by atoms with Gasteiger partial charge in [-0.1, -0.05) is 5.16 Å². The number of ether oxygens (including phenoxy) is 1. The van der Waals surface area contributed by atoms with Crippen LogP contribution in [0.2, 0.25) is 0 Å². The third kappa shape index (κ3) is 5.60. The number of thiazole rings is 1. The molecule has 1 aliphatic rings. The Kier molecular flexibility index (Phi) is 7.86. The second-order valence-electron chi connectivity index (χ2n) is 7.25. The average Bonchev–Trinajstić information content (AvgIpc) is 3.23. The molecule has 0 bridgehead atoms. The van der Waals surface area contributed by atoms with Gasteiger partial charge in [0.15, 0.2) is 29.8 Å². The van der Waals surface area contributed by atoms with Gasteiger partial charge >= 0.3 is 0 Å². The molecule has 3 rings (SSSR count). The fraction of sp³-hybridized carbons (Fsp3) is 0.316. The van der Waals surface area contributed by atoms with E-state index in [1.165, 1.54) is 6.21 Å². The van der Waals surface area contributed by atoms with E-state index in [9.17, 15) is 9.59 Å². The lowest BCUT2D eigenvalue weighted by molar-refractivity contribution is -0.214. The summed E-state index contributed by atoms with van der Waals surface area (Å²) in [6.45, 7) is 3.51. The van der Waals surface area contributed by atoms with Gasteiger partial charge in [-0.05, 0) is 43.7 Å². The number of nitrogen functional groups attached to an aromatic ring is 1. The van der Waals surface area contributed by atoms with Gasteiger partial charge in [0.05, 0.1) is 5.54 Å². The Morgan fingerprint density at radius 2 is 2.15 bits per heavy atom. The van der Waals surface area contributed by atoms with E-state index in [4.69, 9.17) is 29.6 Å². The molecular weight excluding hydrogens is 472 g/mol. The lowest BCUT2D eigenvalue weighted by Gasteiger charge is -2.50. The molecule has 0 spiro atoms. The Morgan fingerprint density at radius 1 is 1.42 bits per heavy atom. The van der Waals surface area contributed by atoms with Crippen molar-refractivity contribution >= 4 is 52.5 Å². The first kappa shape index (κ1) is 24.4. The first-order valence-corrected chi connectivity index (χ1v) is 11.1. The van der Waals surface area contributed by atoms with Crippen LogP contribution in [0.25, 0.3) is 0 Å². The van der Waals surface area contributed by atoms with Crippen molar-refractivity contribution in [3.8, 4) is 5.75 Å². The highest BCUT2D eigenvalue weighted by molar-refractivity contribution is 7.88. The van der Waals surface area contributed by atoms with Crippen LogP contribution in [0.15, 0.2) is 34.8 Å². The number of carbonyl (C=O) groups excluding carboxylic acids is 2. The number of oxime groups is 1. The number of β-lactam (4-membered cyclic amide) rings is 1. The summed E-state index contributed by atoms with van der Waals surface area (Å²) in [7, 11) is 0. The van der Waals surface area contributed by atoms with Gasteiger partial charge in [-0.2, -0.15) is 9.35 Å². The minimum absolute atomic E-state index is 0.0336. The number of nitrogens with one attached hydrogen (secondary N) is 2. The molecule has 1 aliphatic heterocycles. The molecule has 14 heteroatoms. The number of hydrogen-bond acceptors (Lipinski definition) is 12. The molecule has 0 saturated carbocycles. The number of carbonyl (C=O) groups is 2. The minimum Gasteiger partial charge on any atom is -0.490 e. The first-order chi connectivity index (χ1) is 15.8. The third-order valence-electron chi connectivity index (χ3n) is 4.69. The lowest BCUT2D eigenvalue weighted by Crippen LogP contribution is -2.76. The van der Waals surface area contributed by atoms with Crippen LogP contribution in [-0.2, 0) is 18.7 Å². The predicted molar refractivity (Wildman–Crippen MR) is 123 cm³/mol. The fourth-order valence-electron chi connectivity index (χ4n) is 2.93. The summed E-state index contributed by atoms with van der Waals surface area (Å²) >= 11 is 1.16. The molecule has 2 heterocycles. The van der Waals surface area contributed by atoms with Crippen LogP contribution in [-0.4, -0.2) is 63.1 Å². The average molecular weight is 495 g/mol. The molecule has 12 nitrogen and oxygen atoms in total. The van der Waals surface area contributed by atoms with Gasteiger partial charge in [-0.15, -0.1) is 11.3 Å². The summed E-state index contributed by atoms with van der Waals surface area (Å²) in [6.07, 6.45) is 1.23. The molecule has 1 atom stereocenters. The van der Waals surface area contributed by atoms with Crippen LogP contribution < -0.4 is 15.8 Å². The third-order valence-corrected chi connectivity index (χ3v) is 5.58. The maximum Gasteiger partial charge on any atom is 0.276 e. The Bertz CT molecular complexity index is 1040. The highest BCUT2D eigenvalue weighted by Crippen LogP contribution is 2.33. The molecular formula is C19H22N6O6S2. The van der Waals surface area contributed by atoms with Crippen molar-refractivity contribution in [1.29, 1.82) is 5.41 Å². The summed E-state index contributed by atoms with van der Waals surface area (Å²) < 4.78 is 19.2. The molecule has 0 aliphatic carbocycles. The van der Waals surface area contributed by atoms with E-state index in [1.54, 1.807) is 43.5 Å². The molecule has 1 aromatic heterocycles. The monoisotopic (exact) mass is 494 g/mol. The number of aromatic nitrogens is 1. The van der Waals surface area contributed by atoms with Crippen molar-refractivity contribution in [2.75, 3.05) is 18.9 Å². The number of hydroxylamine groups is 2. The number of benzene rings is 1. The van der Waals surface area contributed by atoms with Gasteiger partial charge in [0.25, 0.3) is 11.8 Å². The van der Waals surface area contributed by atoms with Crippen LogP contribution >= 0.6 is 23.7 Å². The highest BCUT2D eigenvalue weighted by atomic mass is 32.2. The number of nitrogens with two attached hydrogens (primary N) is 1. The number of anilines is 1. The van der Waals surface area contributed by atoms with Crippen LogP contribution in [0, 0.1) is 5.41 Å². The molecule has 1 fully saturated rings. The quantitative estimate of drug-likeness (QED) is 0.119. The van der Waals surface area contributed by atoms with Crippen LogP contribution in [0.5, 0.6) is 5.75 Å². The van der Waals surface area contributed by atoms with Crippen LogP contribution in [0.3, 0.4) is 0 Å². The zero-order valence-electron chi connectivity index (χ0n) is 17.7. The molecule has 33 heavy (non-hydrogen) atoms. The Morgan fingerprint density at radius 3 is 2.73 bits per heavy atom. The molecule has 2 amide bonds. The summed E-state index contributed by atoms with van der Waals surface area (Å²) in [5.41, 5.74) is 5.56. The Labute approximate surface area is 197 Å². The van der Waals surface area contributed by atoms with E-state index >= 15 is 0 Å². The van der Waals surface area contributed by atoms with Crippen molar-refractivity contribution in [2.24, 2.45) is 5.16 Å². The maximum absolute atomic E-state index is 12.9. The molecule has 2 aromatic rings. The second kappa shape index (κ2) is 10.6. The fourth-order valence-corrected chi connectivity index (χ4v) is 3.81. The van der Waals surface area contributed by atoms with E-state index in [0.717, 1.165) is 22.0 Å². The topological polar surface area (TPSA) is 172 Å². The van der Waals surface area contributed by atoms with E-state index in [1.807, 2.05) is 0 Å². The lowest BCUT2D eigenvalue weighted by atomic mass is 9.84. The molecule has 1 saturated heterocycles. The number of amides is 2. The Hall–Kier alpha value is -3.20. The van der Waals surface area contributed by atoms with Crippen molar-refractivity contribution in [2.45, 2.75) is 25.4 Å². The number of hydrogen-bond donors (Lipinski definition) is 4. The maximum atomic E-state index is 12.9.